The molecule has 0 spiro atoms. The number of rotatable bonds is 1. The Kier molecular flexibility index (Phi) is 2.78. The van der Waals surface area contributed by atoms with Crippen molar-refractivity contribution in [2.24, 2.45) is 0 Å². The lowest BCUT2D eigenvalue weighted by molar-refractivity contribution is 0.0749. The van der Waals surface area contributed by atoms with Gasteiger partial charge in [-0.2, -0.15) is 0 Å². The molecular weight excluding hydrogens is 222 g/mol. The van der Waals surface area contributed by atoms with Gasteiger partial charge >= 0.3 is 0 Å². The number of fused-ring (bicyclic) bond motifs is 1. The lowest BCUT2D eigenvalue weighted by Crippen LogP contribution is -2.33. The Bertz CT molecular complexity index is 585. The van der Waals surface area contributed by atoms with Gasteiger partial charge in [-0.1, -0.05) is 36.4 Å². The monoisotopic (exact) mass is 239 g/mol. The van der Waals surface area contributed by atoms with Crippen molar-refractivity contribution in [2.75, 3.05) is 6.54 Å². The van der Waals surface area contributed by atoms with Crippen molar-refractivity contribution in [1.82, 2.24) is 4.90 Å². The molecule has 1 aliphatic heterocycles. The van der Waals surface area contributed by atoms with Gasteiger partial charge < -0.3 is 4.90 Å². The van der Waals surface area contributed by atoms with Crippen LogP contribution >= 0.6 is 0 Å². The first-order chi connectivity index (χ1) is 8.77. The highest BCUT2D eigenvalue weighted by Crippen LogP contribution is 2.24. The third kappa shape index (κ3) is 1.78. The Morgan fingerprint density at radius 2 is 1.94 bits per heavy atom. The molecule has 0 radical (unpaired) electrons. The zero-order valence-corrected chi connectivity index (χ0v) is 10.6. The second kappa shape index (κ2) is 4.45. The van der Waals surface area contributed by atoms with Crippen LogP contribution in [0.25, 0.3) is 10.8 Å². The van der Waals surface area contributed by atoms with Gasteiger partial charge in [0.15, 0.2) is 0 Å². The molecule has 2 aromatic carbocycles. The number of likely N-dealkylation sites (tertiary alicyclic amines) is 1. The van der Waals surface area contributed by atoms with Crippen LogP contribution in [0.5, 0.6) is 0 Å². The molecule has 1 amide bonds. The van der Waals surface area contributed by atoms with Crippen molar-refractivity contribution in [3.8, 4) is 0 Å². The SMILES string of the molecule is C[C@@H]1CCCN1C(=O)c1cccc2ccccc12. The van der Waals surface area contributed by atoms with Crippen molar-refractivity contribution in [1.29, 1.82) is 0 Å². The van der Waals surface area contributed by atoms with Crippen LogP contribution in [0.15, 0.2) is 42.5 Å². The number of hydrogen-bond acceptors (Lipinski definition) is 1. The Balaban J connectivity index is 2.06. The molecule has 92 valence electrons. The third-order valence-electron chi connectivity index (χ3n) is 3.83. The molecule has 2 aromatic rings. The van der Waals surface area contributed by atoms with Crippen LogP contribution < -0.4 is 0 Å². The largest absolute Gasteiger partial charge is 0.336 e. The van der Waals surface area contributed by atoms with E-state index in [0.29, 0.717) is 6.04 Å². The van der Waals surface area contributed by atoms with Crippen LogP contribution in [0.2, 0.25) is 0 Å². The molecule has 0 saturated carbocycles. The maximum absolute atomic E-state index is 12.6. The fourth-order valence-corrected chi connectivity index (χ4v) is 2.80. The van der Waals surface area contributed by atoms with E-state index in [9.17, 15) is 4.79 Å². The lowest BCUT2D eigenvalue weighted by Gasteiger charge is -2.22. The number of nitrogens with zero attached hydrogens (tertiary/aromatic N) is 1. The first-order valence-electron chi connectivity index (χ1n) is 6.56. The summed E-state index contributed by atoms with van der Waals surface area (Å²) < 4.78 is 0. The van der Waals surface area contributed by atoms with Crippen LogP contribution in [0, 0.1) is 0 Å². The van der Waals surface area contributed by atoms with Crippen LogP contribution in [-0.4, -0.2) is 23.4 Å². The molecule has 2 nitrogen and oxygen atoms in total. The number of benzene rings is 2. The fraction of sp³-hybridized carbons (Fsp3) is 0.312. The number of hydrogen-bond donors (Lipinski definition) is 0. The van der Waals surface area contributed by atoms with Crippen LogP contribution in [-0.2, 0) is 0 Å². The maximum atomic E-state index is 12.6. The van der Waals surface area contributed by atoms with E-state index in [0.717, 1.165) is 35.7 Å². The summed E-state index contributed by atoms with van der Waals surface area (Å²) in [5, 5.41) is 2.19. The van der Waals surface area contributed by atoms with Gasteiger partial charge in [-0.05, 0) is 36.6 Å². The van der Waals surface area contributed by atoms with Crippen LogP contribution in [0.1, 0.15) is 30.1 Å². The fourth-order valence-electron chi connectivity index (χ4n) is 2.80. The zero-order valence-electron chi connectivity index (χ0n) is 10.6. The van der Waals surface area contributed by atoms with Gasteiger partial charge in [0.2, 0.25) is 0 Å². The molecule has 1 aliphatic rings. The summed E-state index contributed by atoms with van der Waals surface area (Å²) in [5.74, 6) is 0.178. The molecule has 0 aromatic heterocycles. The summed E-state index contributed by atoms with van der Waals surface area (Å²) in [6.45, 7) is 3.03. The first-order valence-corrected chi connectivity index (χ1v) is 6.56. The Labute approximate surface area is 107 Å². The topological polar surface area (TPSA) is 20.3 Å². The highest BCUT2D eigenvalue weighted by molar-refractivity contribution is 6.07. The summed E-state index contributed by atoms with van der Waals surface area (Å²) in [4.78, 5) is 14.6. The smallest absolute Gasteiger partial charge is 0.254 e. The Morgan fingerprint density at radius 1 is 1.17 bits per heavy atom. The summed E-state index contributed by atoms with van der Waals surface area (Å²) in [6, 6.07) is 14.4. The molecular formula is C16H17NO. The predicted molar refractivity (Wildman–Crippen MR) is 73.7 cm³/mol. The third-order valence-corrected chi connectivity index (χ3v) is 3.83. The minimum absolute atomic E-state index is 0.178. The van der Waals surface area contributed by atoms with Gasteiger partial charge in [0.05, 0.1) is 0 Å². The molecule has 3 rings (SSSR count). The summed E-state index contributed by atoms with van der Waals surface area (Å²) >= 11 is 0. The Morgan fingerprint density at radius 3 is 2.72 bits per heavy atom. The second-order valence-corrected chi connectivity index (χ2v) is 5.02. The van der Waals surface area contributed by atoms with Gasteiger partial charge in [-0.15, -0.1) is 0 Å². The molecule has 1 heterocycles. The summed E-state index contributed by atoms with van der Waals surface area (Å²) in [5.41, 5.74) is 0.835. The predicted octanol–water partition coefficient (Wildman–Crippen LogP) is 3.46. The van der Waals surface area contributed by atoms with E-state index in [4.69, 9.17) is 0 Å². The average Bonchev–Trinajstić information content (AvgIpc) is 2.83. The molecule has 18 heavy (non-hydrogen) atoms. The maximum Gasteiger partial charge on any atom is 0.254 e. The van der Waals surface area contributed by atoms with Crippen molar-refractivity contribution in [3.05, 3.63) is 48.0 Å². The highest BCUT2D eigenvalue weighted by Gasteiger charge is 2.26. The van der Waals surface area contributed by atoms with E-state index in [1.807, 2.05) is 35.2 Å². The number of carbonyl (C=O) groups is 1. The molecule has 0 aliphatic carbocycles. The highest BCUT2D eigenvalue weighted by atomic mass is 16.2. The van der Waals surface area contributed by atoms with Crippen molar-refractivity contribution in [3.63, 3.8) is 0 Å². The van der Waals surface area contributed by atoms with E-state index in [1.54, 1.807) is 0 Å². The van der Waals surface area contributed by atoms with Crippen LogP contribution in [0.3, 0.4) is 0 Å². The zero-order chi connectivity index (χ0) is 12.5. The first kappa shape index (κ1) is 11.3. The van der Waals surface area contributed by atoms with E-state index in [2.05, 4.69) is 19.1 Å². The molecule has 0 unspecified atom stereocenters. The second-order valence-electron chi connectivity index (χ2n) is 5.02. The number of carbonyl (C=O) groups excluding carboxylic acids is 1. The lowest BCUT2D eigenvalue weighted by atomic mass is 10.0. The van der Waals surface area contributed by atoms with Gasteiger partial charge in [0.1, 0.15) is 0 Å². The van der Waals surface area contributed by atoms with Gasteiger partial charge in [-0.25, -0.2) is 0 Å². The van der Waals surface area contributed by atoms with Gasteiger partial charge in [0, 0.05) is 18.2 Å². The van der Waals surface area contributed by atoms with Crippen molar-refractivity contribution in [2.45, 2.75) is 25.8 Å². The van der Waals surface area contributed by atoms with Crippen molar-refractivity contribution >= 4 is 16.7 Å². The standard InChI is InChI=1S/C16H17NO/c1-12-6-5-11-17(12)16(18)15-10-4-8-13-7-2-3-9-14(13)15/h2-4,7-10,12H,5-6,11H2,1H3/t12-/m1/s1. The molecule has 1 fully saturated rings. The van der Waals surface area contributed by atoms with E-state index >= 15 is 0 Å². The summed E-state index contributed by atoms with van der Waals surface area (Å²) in [7, 11) is 0. The summed E-state index contributed by atoms with van der Waals surface area (Å²) in [6.07, 6.45) is 2.24. The molecule has 2 heteroatoms. The van der Waals surface area contributed by atoms with Crippen LogP contribution in [0.4, 0.5) is 0 Å². The average molecular weight is 239 g/mol. The molecule has 0 bridgehead atoms. The number of amides is 1. The minimum Gasteiger partial charge on any atom is -0.336 e. The Hall–Kier alpha value is -1.83. The van der Waals surface area contributed by atoms with Gasteiger partial charge in [0.25, 0.3) is 5.91 Å². The molecule has 1 saturated heterocycles. The van der Waals surface area contributed by atoms with E-state index < -0.39 is 0 Å². The molecule has 1 atom stereocenters. The minimum atomic E-state index is 0.178. The van der Waals surface area contributed by atoms with E-state index in [-0.39, 0.29) is 5.91 Å². The molecule has 0 N–H and O–H groups in total. The van der Waals surface area contributed by atoms with Gasteiger partial charge in [-0.3, -0.25) is 4.79 Å². The van der Waals surface area contributed by atoms with E-state index in [1.165, 1.54) is 0 Å². The quantitative estimate of drug-likeness (QED) is 0.746. The normalized spacial score (nSPS) is 19.4. The van der Waals surface area contributed by atoms with Crippen molar-refractivity contribution < 1.29 is 4.79 Å².